The van der Waals surface area contributed by atoms with Crippen LogP contribution < -0.4 is 11.1 Å². The van der Waals surface area contributed by atoms with E-state index in [-0.39, 0.29) is 35.7 Å². The Balaban J connectivity index is 0.00000576. The van der Waals surface area contributed by atoms with Crippen LogP contribution in [0.3, 0.4) is 0 Å². The van der Waals surface area contributed by atoms with Crippen molar-refractivity contribution in [1.82, 2.24) is 15.1 Å². The summed E-state index contributed by atoms with van der Waals surface area (Å²) in [5.74, 6) is 0.834. The zero-order chi connectivity index (χ0) is 18.3. The minimum absolute atomic E-state index is 0. The van der Waals surface area contributed by atoms with Gasteiger partial charge in [-0.3, -0.25) is 4.79 Å². The maximum absolute atomic E-state index is 12.5. The predicted octanol–water partition coefficient (Wildman–Crippen LogP) is 2.32. The molecule has 25 heavy (non-hydrogen) atoms. The smallest absolute Gasteiger partial charge is 0.317 e. The van der Waals surface area contributed by atoms with Crippen molar-refractivity contribution < 1.29 is 9.59 Å². The van der Waals surface area contributed by atoms with Gasteiger partial charge in [0, 0.05) is 39.6 Å². The van der Waals surface area contributed by atoms with Crippen LogP contribution in [-0.2, 0) is 4.79 Å². The van der Waals surface area contributed by atoms with E-state index in [1.165, 1.54) is 0 Å². The highest BCUT2D eigenvalue weighted by Crippen LogP contribution is 2.22. The molecule has 3 amide bonds. The number of rotatable bonds is 7. The second-order valence-electron chi connectivity index (χ2n) is 8.36. The number of urea groups is 1. The average molecular weight is 377 g/mol. The van der Waals surface area contributed by atoms with Gasteiger partial charge in [0.15, 0.2) is 0 Å². The van der Waals surface area contributed by atoms with E-state index < -0.39 is 0 Å². The zero-order valence-corrected chi connectivity index (χ0v) is 17.3. The van der Waals surface area contributed by atoms with Gasteiger partial charge in [0.1, 0.15) is 0 Å². The Morgan fingerprint density at radius 2 is 2.00 bits per heavy atom. The summed E-state index contributed by atoms with van der Waals surface area (Å²) in [5.41, 5.74) is 5.68. The number of carbonyl (C=O) groups excluding carboxylic acids is 2. The van der Waals surface area contributed by atoms with Crippen LogP contribution in [0.5, 0.6) is 0 Å². The summed E-state index contributed by atoms with van der Waals surface area (Å²) in [5, 5.41) is 2.96. The molecule has 1 heterocycles. The van der Waals surface area contributed by atoms with Gasteiger partial charge in [0.05, 0.1) is 0 Å². The highest BCUT2D eigenvalue weighted by molar-refractivity contribution is 5.85. The van der Waals surface area contributed by atoms with E-state index in [0.717, 1.165) is 19.4 Å². The summed E-state index contributed by atoms with van der Waals surface area (Å²) < 4.78 is 0. The molecule has 1 fully saturated rings. The number of halogens is 1. The first kappa shape index (κ1) is 24.0. The number of amides is 3. The fraction of sp³-hybridized carbons (Fsp3) is 0.889. The molecule has 0 bridgehead atoms. The van der Waals surface area contributed by atoms with E-state index in [0.29, 0.717) is 38.5 Å². The Morgan fingerprint density at radius 3 is 2.56 bits per heavy atom. The van der Waals surface area contributed by atoms with Crippen LogP contribution in [0.15, 0.2) is 0 Å². The van der Waals surface area contributed by atoms with Crippen LogP contribution in [0.4, 0.5) is 4.79 Å². The number of nitrogens with zero attached hydrogens (tertiary/aromatic N) is 2. The van der Waals surface area contributed by atoms with Crippen LogP contribution in [0.25, 0.3) is 0 Å². The summed E-state index contributed by atoms with van der Waals surface area (Å²) in [6.07, 6.45) is 2.48. The number of likely N-dealkylation sites (tertiary alicyclic amines) is 1. The number of hydrogen-bond acceptors (Lipinski definition) is 3. The number of piperidine rings is 1. The van der Waals surface area contributed by atoms with E-state index in [2.05, 4.69) is 33.0 Å². The molecule has 0 radical (unpaired) electrons. The van der Waals surface area contributed by atoms with Crippen molar-refractivity contribution in [2.24, 2.45) is 23.0 Å². The number of hydrogen-bond donors (Lipinski definition) is 2. The minimum atomic E-state index is -0.0697. The van der Waals surface area contributed by atoms with Gasteiger partial charge >= 0.3 is 6.03 Å². The topological polar surface area (TPSA) is 78.7 Å². The molecular weight excluding hydrogens is 340 g/mol. The molecule has 148 valence electrons. The largest absolute Gasteiger partial charge is 0.345 e. The maximum atomic E-state index is 12.5. The van der Waals surface area contributed by atoms with Crippen molar-refractivity contribution in [3.63, 3.8) is 0 Å². The lowest BCUT2D eigenvalue weighted by molar-refractivity contribution is -0.132. The first-order valence-electron chi connectivity index (χ1n) is 9.11. The van der Waals surface area contributed by atoms with Gasteiger partial charge in [0.25, 0.3) is 0 Å². The summed E-state index contributed by atoms with van der Waals surface area (Å²) in [6.45, 7) is 11.7. The number of nitrogens with two attached hydrogens (primary N) is 1. The standard InChI is InChI=1S/C18H36N4O2.ClH/c1-14(2)10-20-17(24)22-8-6-7-15(11-22)9-16(23)21(5)13-18(3,4)12-19;/h14-15H,6-13,19H2,1-5H3,(H,20,24);1H. The molecule has 0 saturated carbocycles. The second kappa shape index (κ2) is 10.9. The van der Waals surface area contributed by atoms with E-state index >= 15 is 0 Å². The van der Waals surface area contributed by atoms with Crippen LogP contribution in [-0.4, -0.2) is 61.5 Å². The number of nitrogens with one attached hydrogen (secondary N) is 1. The Morgan fingerprint density at radius 1 is 1.36 bits per heavy atom. The van der Waals surface area contributed by atoms with Gasteiger partial charge in [0.2, 0.25) is 5.91 Å². The lowest BCUT2D eigenvalue weighted by Gasteiger charge is -2.34. The molecule has 0 aromatic rings. The van der Waals surface area contributed by atoms with Crippen LogP contribution in [0.1, 0.15) is 47.0 Å². The molecule has 0 aliphatic carbocycles. The van der Waals surface area contributed by atoms with Crippen molar-refractivity contribution >= 4 is 24.3 Å². The van der Waals surface area contributed by atoms with Crippen molar-refractivity contribution in [3.05, 3.63) is 0 Å². The third kappa shape index (κ3) is 8.77. The molecule has 1 atom stereocenters. The molecule has 0 aromatic carbocycles. The second-order valence-corrected chi connectivity index (χ2v) is 8.36. The summed E-state index contributed by atoms with van der Waals surface area (Å²) in [4.78, 5) is 28.3. The third-order valence-corrected chi connectivity index (χ3v) is 4.57. The highest BCUT2D eigenvalue weighted by atomic mass is 35.5. The highest BCUT2D eigenvalue weighted by Gasteiger charge is 2.27. The fourth-order valence-electron chi connectivity index (χ4n) is 3.02. The Kier molecular flexibility index (Phi) is 10.4. The molecule has 1 rings (SSSR count). The normalized spacial score (nSPS) is 17.9. The Bertz CT molecular complexity index is 429. The van der Waals surface area contributed by atoms with E-state index in [1.807, 2.05) is 11.9 Å². The van der Waals surface area contributed by atoms with E-state index in [4.69, 9.17) is 5.73 Å². The molecule has 1 unspecified atom stereocenters. The third-order valence-electron chi connectivity index (χ3n) is 4.57. The van der Waals surface area contributed by atoms with Crippen LogP contribution in [0.2, 0.25) is 0 Å². The minimum Gasteiger partial charge on any atom is -0.345 e. The Labute approximate surface area is 159 Å². The zero-order valence-electron chi connectivity index (χ0n) is 16.5. The maximum Gasteiger partial charge on any atom is 0.317 e. The van der Waals surface area contributed by atoms with Gasteiger partial charge in [-0.15, -0.1) is 12.4 Å². The van der Waals surface area contributed by atoms with Gasteiger partial charge in [-0.1, -0.05) is 27.7 Å². The van der Waals surface area contributed by atoms with Crippen molar-refractivity contribution in [3.8, 4) is 0 Å². The van der Waals surface area contributed by atoms with E-state index in [9.17, 15) is 9.59 Å². The first-order valence-corrected chi connectivity index (χ1v) is 9.11. The summed E-state index contributed by atoms with van der Waals surface area (Å²) in [7, 11) is 1.84. The average Bonchev–Trinajstić information content (AvgIpc) is 2.52. The summed E-state index contributed by atoms with van der Waals surface area (Å²) >= 11 is 0. The van der Waals surface area contributed by atoms with Crippen molar-refractivity contribution in [2.75, 3.05) is 39.8 Å². The Hall–Kier alpha value is -1.01. The lowest BCUT2D eigenvalue weighted by atomic mass is 9.91. The van der Waals surface area contributed by atoms with Gasteiger partial charge in [-0.05, 0) is 36.6 Å². The first-order chi connectivity index (χ1) is 11.1. The molecule has 1 saturated heterocycles. The quantitative estimate of drug-likeness (QED) is 0.715. The molecule has 6 nitrogen and oxygen atoms in total. The van der Waals surface area contributed by atoms with Gasteiger partial charge < -0.3 is 20.9 Å². The molecule has 0 aromatic heterocycles. The van der Waals surface area contributed by atoms with Crippen LogP contribution >= 0.6 is 12.4 Å². The van der Waals surface area contributed by atoms with E-state index in [1.54, 1.807) is 4.90 Å². The van der Waals surface area contributed by atoms with Crippen molar-refractivity contribution in [1.29, 1.82) is 0 Å². The van der Waals surface area contributed by atoms with Crippen LogP contribution in [0, 0.1) is 17.3 Å². The predicted molar refractivity (Wildman–Crippen MR) is 105 cm³/mol. The molecule has 0 spiro atoms. The van der Waals surface area contributed by atoms with Gasteiger partial charge in [-0.25, -0.2) is 4.79 Å². The fourth-order valence-corrected chi connectivity index (χ4v) is 3.02. The number of carbonyl (C=O) groups is 2. The SMILES string of the molecule is CC(C)CNC(=O)N1CCCC(CC(=O)N(C)CC(C)(C)CN)C1.Cl. The summed E-state index contributed by atoms with van der Waals surface area (Å²) in [6, 6.07) is -0.00142. The molecule has 3 N–H and O–H groups in total. The molecular formula is C18H37ClN4O2. The lowest BCUT2D eigenvalue weighted by Crippen LogP contribution is -2.47. The van der Waals surface area contributed by atoms with Crippen molar-refractivity contribution in [2.45, 2.75) is 47.0 Å². The molecule has 7 heteroatoms. The molecule has 1 aliphatic heterocycles. The molecule has 1 aliphatic rings. The monoisotopic (exact) mass is 376 g/mol. The van der Waals surface area contributed by atoms with Gasteiger partial charge in [-0.2, -0.15) is 0 Å².